The fraction of sp³-hybridized carbons (Fsp3) is 0.733. The molecule has 1 aromatic rings. The molecule has 0 aliphatic rings. The molecule has 1 heterocycles. The van der Waals surface area contributed by atoms with Crippen molar-refractivity contribution in [1.82, 2.24) is 9.97 Å². The van der Waals surface area contributed by atoms with Gasteiger partial charge >= 0.3 is 0 Å². The van der Waals surface area contributed by atoms with E-state index in [0.717, 1.165) is 51.7 Å². The van der Waals surface area contributed by atoms with Crippen LogP contribution >= 0.6 is 0 Å². The third-order valence-electron chi connectivity index (χ3n) is 3.12. The minimum Gasteiger partial charge on any atom is -0.354 e. The van der Waals surface area contributed by atoms with Crippen molar-refractivity contribution in [3.8, 4) is 0 Å². The van der Waals surface area contributed by atoms with E-state index in [1.165, 1.54) is 6.20 Å². The van der Waals surface area contributed by atoms with Gasteiger partial charge in [-0.2, -0.15) is 4.98 Å². The minimum atomic E-state index is -0.334. The summed E-state index contributed by atoms with van der Waals surface area (Å²) < 4.78 is 14.0. The summed E-state index contributed by atoms with van der Waals surface area (Å²) in [5, 5.41) is 3.11. The predicted octanol–water partition coefficient (Wildman–Crippen LogP) is 3.84. The molecular formula is C15H27FN4. The largest absolute Gasteiger partial charge is 0.354 e. The number of aromatic nitrogens is 2. The van der Waals surface area contributed by atoms with E-state index in [9.17, 15) is 4.39 Å². The summed E-state index contributed by atoms with van der Waals surface area (Å²) in [5.74, 6) is 0.612. The molecule has 0 amide bonds. The summed E-state index contributed by atoms with van der Waals surface area (Å²) >= 11 is 0. The fourth-order valence-electron chi connectivity index (χ4n) is 1.92. The second-order valence-corrected chi connectivity index (χ2v) is 4.99. The Kier molecular flexibility index (Phi) is 7.92. The van der Waals surface area contributed by atoms with Crippen LogP contribution in [0.5, 0.6) is 0 Å². The summed E-state index contributed by atoms with van der Waals surface area (Å²) in [6.45, 7) is 8.85. The summed E-state index contributed by atoms with van der Waals surface area (Å²) in [5.41, 5.74) is 0. The van der Waals surface area contributed by atoms with Crippen molar-refractivity contribution in [3.63, 3.8) is 0 Å². The van der Waals surface area contributed by atoms with E-state index >= 15 is 0 Å². The van der Waals surface area contributed by atoms with Gasteiger partial charge < -0.3 is 10.2 Å². The molecule has 0 aliphatic carbocycles. The molecule has 0 radical (unpaired) electrons. The van der Waals surface area contributed by atoms with Gasteiger partial charge in [-0.1, -0.05) is 33.6 Å². The smallest absolute Gasteiger partial charge is 0.224 e. The van der Waals surface area contributed by atoms with Crippen LogP contribution in [-0.4, -0.2) is 29.6 Å². The lowest BCUT2D eigenvalue weighted by atomic mass is 10.2. The first-order valence-electron chi connectivity index (χ1n) is 7.74. The monoisotopic (exact) mass is 282 g/mol. The Hall–Kier alpha value is -1.39. The molecule has 0 bridgehead atoms. The second-order valence-electron chi connectivity index (χ2n) is 4.99. The number of hydrogen-bond acceptors (Lipinski definition) is 4. The highest BCUT2D eigenvalue weighted by Gasteiger charge is 2.14. The van der Waals surface area contributed by atoms with Gasteiger partial charge in [0.1, 0.15) is 0 Å². The highest BCUT2D eigenvalue weighted by Crippen LogP contribution is 2.18. The van der Waals surface area contributed by atoms with Gasteiger partial charge in [-0.3, -0.25) is 0 Å². The first-order chi connectivity index (χ1) is 9.72. The van der Waals surface area contributed by atoms with Crippen LogP contribution in [0, 0.1) is 5.82 Å². The highest BCUT2D eigenvalue weighted by molar-refractivity contribution is 5.43. The first kappa shape index (κ1) is 16.7. The van der Waals surface area contributed by atoms with Crippen LogP contribution in [-0.2, 0) is 0 Å². The molecule has 114 valence electrons. The molecule has 0 aromatic carbocycles. The van der Waals surface area contributed by atoms with Gasteiger partial charge in [-0.15, -0.1) is 0 Å². The van der Waals surface area contributed by atoms with Crippen molar-refractivity contribution in [2.75, 3.05) is 29.9 Å². The average Bonchev–Trinajstić information content (AvgIpc) is 2.47. The number of anilines is 2. The molecular weight excluding hydrogens is 255 g/mol. The van der Waals surface area contributed by atoms with Gasteiger partial charge in [-0.05, 0) is 19.3 Å². The van der Waals surface area contributed by atoms with Gasteiger partial charge in [0.15, 0.2) is 11.6 Å². The normalized spacial score (nSPS) is 10.6. The van der Waals surface area contributed by atoms with E-state index in [0.29, 0.717) is 11.8 Å². The fourth-order valence-corrected chi connectivity index (χ4v) is 1.92. The molecule has 0 aliphatic heterocycles. The van der Waals surface area contributed by atoms with Crippen LogP contribution in [0.15, 0.2) is 6.20 Å². The zero-order valence-corrected chi connectivity index (χ0v) is 13.0. The summed E-state index contributed by atoms with van der Waals surface area (Å²) in [6.07, 6.45) is 6.54. The zero-order chi connectivity index (χ0) is 14.8. The second kappa shape index (κ2) is 9.50. The van der Waals surface area contributed by atoms with E-state index in [1.54, 1.807) is 0 Å². The van der Waals surface area contributed by atoms with Gasteiger partial charge in [0, 0.05) is 19.6 Å². The van der Waals surface area contributed by atoms with E-state index in [4.69, 9.17) is 0 Å². The first-order valence-corrected chi connectivity index (χ1v) is 7.74. The minimum absolute atomic E-state index is 0.334. The van der Waals surface area contributed by atoms with Crippen molar-refractivity contribution < 1.29 is 4.39 Å². The third kappa shape index (κ3) is 5.31. The standard InChI is InChI=1S/C15H27FN4/c1-4-7-10-20(11-8-5-2)14-13(16)12-18-15(19-14)17-9-6-3/h12H,4-11H2,1-3H3,(H,17,18,19). The molecule has 1 N–H and O–H groups in total. The Labute approximate surface area is 121 Å². The average molecular weight is 282 g/mol. The lowest BCUT2D eigenvalue weighted by molar-refractivity contribution is 0.589. The van der Waals surface area contributed by atoms with Gasteiger partial charge in [-0.25, -0.2) is 9.37 Å². The Balaban J connectivity index is 2.85. The van der Waals surface area contributed by atoms with Crippen LogP contribution in [0.2, 0.25) is 0 Å². The molecule has 20 heavy (non-hydrogen) atoms. The molecule has 1 aromatic heterocycles. The highest BCUT2D eigenvalue weighted by atomic mass is 19.1. The quantitative estimate of drug-likeness (QED) is 0.708. The molecule has 1 rings (SSSR count). The number of unbranched alkanes of at least 4 members (excludes halogenated alkanes) is 2. The summed E-state index contributed by atoms with van der Waals surface area (Å²) in [4.78, 5) is 10.4. The van der Waals surface area contributed by atoms with E-state index < -0.39 is 0 Å². The van der Waals surface area contributed by atoms with Gasteiger partial charge in [0.25, 0.3) is 0 Å². The topological polar surface area (TPSA) is 41.1 Å². The Bertz CT molecular complexity index is 376. The number of halogens is 1. The lowest BCUT2D eigenvalue weighted by Crippen LogP contribution is -2.28. The molecule has 0 saturated carbocycles. The Morgan fingerprint density at radius 2 is 1.75 bits per heavy atom. The van der Waals surface area contributed by atoms with Crippen molar-refractivity contribution in [2.45, 2.75) is 52.9 Å². The number of nitrogens with one attached hydrogen (secondary N) is 1. The Morgan fingerprint density at radius 1 is 1.10 bits per heavy atom. The summed E-state index contributed by atoms with van der Waals surface area (Å²) in [6, 6.07) is 0. The van der Waals surface area contributed by atoms with Crippen LogP contribution in [0.4, 0.5) is 16.2 Å². The molecule has 0 saturated heterocycles. The maximum Gasteiger partial charge on any atom is 0.224 e. The van der Waals surface area contributed by atoms with Crippen molar-refractivity contribution in [1.29, 1.82) is 0 Å². The molecule has 0 unspecified atom stereocenters. The van der Waals surface area contributed by atoms with Crippen LogP contribution in [0.1, 0.15) is 52.9 Å². The predicted molar refractivity (Wildman–Crippen MR) is 82.8 cm³/mol. The van der Waals surface area contributed by atoms with Crippen LogP contribution in [0.25, 0.3) is 0 Å². The SMILES string of the molecule is CCCCN(CCCC)c1nc(NCCC)ncc1F. The number of rotatable bonds is 10. The van der Waals surface area contributed by atoms with Gasteiger partial charge in [0.2, 0.25) is 5.95 Å². The van der Waals surface area contributed by atoms with Crippen LogP contribution < -0.4 is 10.2 Å². The molecule has 4 nitrogen and oxygen atoms in total. The molecule has 0 fully saturated rings. The van der Waals surface area contributed by atoms with Crippen molar-refractivity contribution in [2.24, 2.45) is 0 Å². The van der Waals surface area contributed by atoms with E-state index in [2.05, 4.69) is 36.1 Å². The Morgan fingerprint density at radius 3 is 2.30 bits per heavy atom. The van der Waals surface area contributed by atoms with E-state index in [-0.39, 0.29) is 5.82 Å². The third-order valence-corrected chi connectivity index (χ3v) is 3.12. The van der Waals surface area contributed by atoms with E-state index in [1.807, 2.05) is 4.90 Å². The number of nitrogens with zero attached hydrogens (tertiary/aromatic N) is 3. The number of hydrogen-bond donors (Lipinski definition) is 1. The van der Waals surface area contributed by atoms with Crippen molar-refractivity contribution >= 4 is 11.8 Å². The zero-order valence-electron chi connectivity index (χ0n) is 13.0. The molecule has 0 spiro atoms. The van der Waals surface area contributed by atoms with Crippen molar-refractivity contribution in [3.05, 3.63) is 12.0 Å². The van der Waals surface area contributed by atoms with Gasteiger partial charge in [0.05, 0.1) is 6.20 Å². The van der Waals surface area contributed by atoms with Crippen LogP contribution in [0.3, 0.4) is 0 Å². The molecule has 5 heteroatoms. The lowest BCUT2D eigenvalue weighted by Gasteiger charge is -2.24. The summed E-state index contributed by atoms with van der Waals surface area (Å²) in [7, 11) is 0. The maximum absolute atomic E-state index is 14.0. The molecule has 0 atom stereocenters. The maximum atomic E-state index is 14.0.